The molecule has 94 valence electrons. The van der Waals surface area contributed by atoms with E-state index < -0.39 is 6.10 Å². The molecule has 1 atom stereocenters. The van der Waals surface area contributed by atoms with E-state index in [0.29, 0.717) is 11.4 Å². The highest BCUT2D eigenvalue weighted by Gasteiger charge is 2.09. The molecular weight excluding hydrogens is 230 g/mol. The van der Waals surface area contributed by atoms with Crippen LogP contribution in [0.4, 0.5) is 5.69 Å². The number of aliphatic hydroxyl groups is 1. The van der Waals surface area contributed by atoms with E-state index in [1.165, 1.54) is 0 Å². The summed E-state index contributed by atoms with van der Waals surface area (Å²) in [6.45, 7) is 1.70. The fourth-order valence-electron chi connectivity index (χ4n) is 1.58. The zero-order valence-corrected chi connectivity index (χ0v) is 10.3. The second kappa shape index (κ2) is 5.01. The second-order valence-corrected chi connectivity index (χ2v) is 4.13. The van der Waals surface area contributed by atoms with Gasteiger partial charge in [-0.2, -0.15) is 5.10 Å². The largest absolute Gasteiger partial charge is 0.389 e. The Labute approximate surface area is 105 Å². The fraction of sp³-hybridized carbons (Fsp3) is 0.231. The van der Waals surface area contributed by atoms with Crippen LogP contribution in [0.25, 0.3) is 0 Å². The first-order chi connectivity index (χ1) is 8.56. The highest BCUT2D eigenvalue weighted by molar-refractivity contribution is 6.02. The van der Waals surface area contributed by atoms with Crippen LogP contribution in [0, 0.1) is 0 Å². The third-order valence-corrected chi connectivity index (χ3v) is 2.60. The van der Waals surface area contributed by atoms with Gasteiger partial charge in [-0.3, -0.25) is 9.48 Å². The van der Waals surface area contributed by atoms with Crippen molar-refractivity contribution >= 4 is 11.6 Å². The van der Waals surface area contributed by atoms with Crippen molar-refractivity contribution in [1.29, 1.82) is 0 Å². The number of aromatic nitrogens is 2. The van der Waals surface area contributed by atoms with Crippen molar-refractivity contribution in [2.24, 2.45) is 7.05 Å². The summed E-state index contributed by atoms with van der Waals surface area (Å²) < 4.78 is 1.57. The van der Waals surface area contributed by atoms with Crippen LogP contribution in [0.15, 0.2) is 36.5 Å². The molecule has 1 aromatic carbocycles. The molecule has 0 aliphatic carbocycles. The van der Waals surface area contributed by atoms with E-state index in [1.54, 1.807) is 55.2 Å². The lowest BCUT2D eigenvalue weighted by Crippen LogP contribution is -2.13. The number of hydrogen-bond donors (Lipinski definition) is 2. The van der Waals surface area contributed by atoms with Crippen LogP contribution in [-0.4, -0.2) is 20.8 Å². The Balaban J connectivity index is 2.07. The number of anilines is 1. The summed E-state index contributed by atoms with van der Waals surface area (Å²) in [5.74, 6) is -0.250. The standard InChI is InChI=1S/C13H15N3O2/c1-9(17)10-3-5-11(6-4-10)14-13(18)12-7-8-16(2)15-12/h3-9,17H,1-2H3,(H,14,18). The van der Waals surface area contributed by atoms with Gasteiger partial charge in [0.25, 0.3) is 5.91 Å². The Kier molecular flexibility index (Phi) is 3.43. The molecule has 5 nitrogen and oxygen atoms in total. The molecule has 0 saturated carbocycles. The minimum Gasteiger partial charge on any atom is -0.389 e. The summed E-state index contributed by atoms with van der Waals surface area (Å²) >= 11 is 0. The number of aryl methyl sites for hydroxylation is 1. The van der Waals surface area contributed by atoms with Gasteiger partial charge in [0.05, 0.1) is 6.10 Å². The summed E-state index contributed by atoms with van der Waals surface area (Å²) in [5.41, 5.74) is 1.86. The molecule has 0 fully saturated rings. The second-order valence-electron chi connectivity index (χ2n) is 4.13. The highest BCUT2D eigenvalue weighted by atomic mass is 16.3. The Hall–Kier alpha value is -2.14. The first kappa shape index (κ1) is 12.3. The number of nitrogens with one attached hydrogen (secondary N) is 1. The van der Waals surface area contributed by atoms with Crippen LogP contribution in [0.5, 0.6) is 0 Å². The maximum absolute atomic E-state index is 11.8. The molecule has 0 saturated heterocycles. The monoisotopic (exact) mass is 245 g/mol. The van der Waals surface area contributed by atoms with E-state index in [2.05, 4.69) is 10.4 Å². The van der Waals surface area contributed by atoms with Gasteiger partial charge in [-0.25, -0.2) is 0 Å². The van der Waals surface area contributed by atoms with Crippen molar-refractivity contribution in [1.82, 2.24) is 9.78 Å². The van der Waals surface area contributed by atoms with Crippen LogP contribution in [0.2, 0.25) is 0 Å². The van der Waals surface area contributed by atoms with Gasteiger partial charge >= 0.3 is 0 Å². The fourth-order valence-corrected chi connectivity index (χ4v) is 1.58. The number of aliphatic hydroxyl groups excluding tert-OH is 1. The lowest BCUT2D eigenvalue weighted by atomic mass is 10.1. The van der Waals surface area contributed by atoms with Crippen molar-refractivity contribution in [2.75, 3.05) is 5.32 Å². The Morgan fingerprint density at radius 2 is 2.00 bits per heavy atom. The van der Waals surface area contributed by atoms with E-state index >= 15 is 0 Å². The molecule has 0 aliphatic heterocycles. The van der Waals surface area contributed by atoms with Crippen molar-refractivity contribution in [3.05, 3.63) is 47.8 Å². The number of carbonyl (C=O) groups excluding carboxylic acids is 1. The summed E-state index contributed by atoms with van der Waals surface area (Å²) in [6, 6.07) is 8.71. The first-order valence-electron chi connectivity index (χ1n) is 5.65. The Bertz CT molecular complexity index is 544. The van der Waals surface area contributed by atoms with Crippen molar-refractivity contribution in [2.45, 2.75) is 13.0 Å². The summed E-state index contributed by atoms with van der Waals surface area (Å²) in [7, 11) is 1.76. The number of amides is 1. The van der Waals surface area contributed by atoms with Crippen LogP contribution >= 0.6 is 0 Å². The average molecular weight is 245 g/mol. The van der Waals surface area contributed by atoms with Crippen LogP contribution in [0.3, 0.4) is 0 Å². The molecule has 5 heteroatoms. The maximum atomic E-state index is 11.8. The summed E-state index contributed by atoms with van der Waals surface area (Å²) in [6.07, 6.45) is 1.20. The predicted molar refractivity (Wildman–Crippen MR) is 68.2 cm³/mol. The van der Waals surface area contributed by atoms with E-state index in [4.69, 9.17) is 0 Å². The molecule has 0 bridgehead atoms. The molecule has 1 heterocycles. The van der Waals surface area contributed by atoms with Gasteiger partial charge in [0.1, 0.15) is 0 Å². The molecule has 1 aromatic heterocycles. The van der Waals surface area contributed by atoms with Gasteiger partial charge in [0.2, 0.25) is 0 Å². The Morgan fingerprint density at radius 1 is 1.33 bits per heavy atom. The SMILES string of the molecule is CC(O)c1ccc(NC(=O)c2ccn(C)n2)cc1. The number of hydrogen-bond acceptors (Lipinski definition) is 3. The maximum Gasteiger partial charge on any atom is 0.276 e. The molecular formula is C13H15N3O2. The minimum atomic E-state index is -0.509. The van der Waals surface area contributed by atoms with E-state index in [-0.39, 0.29) is 5.91 Å². The third-order valence-electron chi connectivity index (χ3n) is 2.60. The van der Waals surface area contributed by atoms with Crippen molar-refractivity contribution in [3.8, 4) is 0 Å². The number of nitrogens with zero attached hydrogens (tertiary/aromatic N) is 2. The molecule has 0 spiro atoms. The van der Waals surface area contributed by atoms with Gasteiger partial charge in [0.15, 0.2) is 5.69 Å². The predicted octanol–water partition coefficient (Wildman–Crippen LogP) is 1.73. The normalized spacial score (nSPS) is 12.2. The number of benzene rings is 1. The third kappa shape index (κ3) is 2.75. The number of carbonyl (C=O) groups is 1. The van der Waals surface area contributed by atoms with E-state index in [1.807, 2.05) is 0 Å². The molecule has 2 rings (SSSR count). The van der Waals surface area contributed by atoms with Crippen LogP contribution in [0.1, 0.15) is 29.1 Å². The lowest BCUT2D eigenvalue weighted by molar-refractivity contribution is 0.102. The molecule has 2 aromatic rings. The number of rotatable bonds is 3. The highest BCUT2D eigenvalue weighted by Crippen LogP contribution is 2.16. The zero-order valence-electron chi connectivity index (χ0n) is 10.3. The molecule has 1 unspecified atom stereocenters. The molecule has 0 aliphatic rings. The molecule has 1 amide bonds. The van der Waals surface area contributed by atoms with E-state index in [0.717, 1.165) is 5.56 Å². The van der Waals surface area contributed by atoms with E-state index in [9.17, 15) is 9.90 Å². The quantitative estimate of drug-likeness (QED) is 0.865. The zero-order chi connectivity index (χ0) is 13.1. The van der Waals surface area contributed by atoms with Gasteiger partial charge in [-0.15, -0.1) is 0 Å². The van der Waals surface area contributed by atoms with Crippen LogP contribution in [-0.2, 0) is 7.05 Å². The van der Waals surface area contributed by atoms with Crippen molar-refractivity contribution < 1.29 is 9.90 Å². The average Bonchev–Trinajstić information content (AvgIpc) is 2.76. The first-order valence-corrected chi connectivity index (χ1v) is 5.65. The molecule has 0 radical (unpaired) electrons. The summed E-state index contributed by atoms with van der Waals surface area (Å²) in [5, 5.41) is 16.1. The van der Waals surface area contributed by atoms with Gasteiger partial charge in [0, 0.05) is 18.9 Å². The summed E-state index contributed by atoms with van der Waals surface area (Å²) in [4.78, 5) is 11.8. The smallest absolute Gasteiger partial charge is 0.276 e. The van der Waals surface area contributed by atoms with Gasteiger partial charge in [-0.05, 0) is 30.7 Å². The van der Waals surface area contributed by atoms with Crippen LogP contribution < -0.4 is 5.32 Å². The molecule has 2 N–H and O–H groups in total. The topological polar surface area (TPSA) is 67.2 Å². The van der Waals surface area contributed by atoms with Gasteiger partial charge < -0.3 is 10.4 Å². The minimum absolute atomic E-state index is 0.250. The van der Waals surface area contributed by atoms with Gasteiger partial charge in [-0.1, -0.05) is 12.1 Å². The molecule has 18 heavy (non-hydrogen) atoms. The van der Waals surface area contributed by atoms with Crippen molar-refractivity contribution in [3.63, 3.8) is 0 Å². The Morgan fingerprint density at radius 3 is 2.50 bits per heavy atom. The lowest BCUT2D eigenvalue weighted by Gasteiger charge is -2.07.